The summed E-state index contributed by atoms with van der Waals surface area (Å²) >= 11 is 0. The van der Waals surface area contributed by atoms with E-state index in [9.17, 15) is 4.79 Å². The number of ether oxygens (including phenoxy) is 1. The maximum absolute atomic E-state index is 12.4. The second-order valence-electron chi connectivity index (χ2n) is 8.98. The van der Waals surface area contributed by atoms with Crippen LogP contribution < -0.4 is 0 Å². The van der Waals surface area contributed by atoms with E-state index in [0.29, 0.717) is 19.5 Å². The van der Waals surface area contributed by atoms with Gasteiger partial charge < -0.3 is 14.1 Å². The predicted octanol–water partition coefficient (Wildman–Crippen LogP) is 4.70. The Kier molecular flexibility index (Phi) is 6.35. The zero-order valence-electron chi connectivity index (χ0n) is 16.3. The SMILES string of the molecule is CC(C)(C)OC(=O)N1C[C@H](N=[N+]=[N-])C[C@@H](O[Si](C)(C)C(C)(C)C)C1. The lowest BCUT2D eigenvalue weighted by molar-refractivity contribution is 0.00272. The normalized spacial score (nSPS) is 22.8. The molecule has 0 saturated carbocycles. The second kappa shape index (κ2) is 7.33. The molecule has 7 nitrogen and oxygen atoms in total. The minimum absolute atomic E-state index is 0.0786. The van der Waals surface area contributed by atoms with Crippen molar-refractivity contribution in [2.45, 2.75) is 83.8 Å². The van der Waals surface area contributed by atoms with Gasteiger partial charge in [-0.3, -0.25) is 0 Å². The number of rotatable bonds is 3. The molecule has 1 fully saturated rings. The van der Waals surface area contributed by atoms with Gasteiger partial charge in [-0.2, -0.15) is 0 Å². The Morgan fingerprint density at radius 3 is 2.25 bits per heavy atom. The highest BCUT2D eigenvalue weighted by molar-refractivity contribution is 6.74. The van der Waals surface area contributed by atoms with E-state index in [1.807, 2.05) is 20.8 Å². The Hall–Kier alpha value is -1.24. The van der Waals surface area contributed by atoms with Gasteiger partial charge in [0.05, 0.1) is 12.1 Å². The van der Waals surface area contributed by atoms with E-state index in [1.165, 1.54) is 0 Å². The van der Waals surface area contributed by atoms with Gasteiger partial charge in [0.15, 0.2) is 8.32 Å². The lowest BCUT2D eigenvalue weighted by Crippen LogP contribution is -2.54. The van der Waals surface area contributed by atoms with E-state index >= 15 is 0 Å². The van der Waals surface area contributed by atoms with E-state index in [4.69, 9.17) is 14.7 Å². The van der Waals surface area contributed by atoms with Gasteiger partial charge in [0.1, 0.15) is 5.60 Å². The monoisotopic (exact) mass is 356 g/mol. The standard InChI is InChI=1S/C16H32N4O3Si/c1-15(2,3)22-14(21)20-10-12(18-19-17)9-13(11-20)23-24(7,8)16(4,5)6/h12-13H,9-11H2,1-8H3/t12-,13-/m1/s1. The molecule has 0 N–H and O–H groups in total. The average Bonchev–Trinajstić information content (AvgIpc) is 2.34. The summed E-state index contributed by atoms with van der Waals surface area (Å²) < 4.78 is 11.9. The van der Waals surface area contributed by atoms with Crippen molar-refractivity contribution in [1.29, 1.82) is 0 Å². The molecule has 0 aliphatic carbocycles. The number of carbonyl (C=O) groups excluding carboxylic acids is 1. The molecule has 1 amide bonds. The van der Waals surface area contributed by atoms with Crippen LogP contribution >= 0.6 is 0 Å². The molecule has 1 saturated heterocycles. The van der Waals surface area contributed by atoms with Crippen molar-refractivity contribution in [3.05, 3.63) is 10.4 Å². The number of hydrogen-bond acceptors (Lipinski definition) is 4. The largest absolute Gasteiger partial charge is 0.444 e. The van der Waals surface area contributed by atoms with Crippen LogP contribution in [0.5, 0.6) is 0 Å². The Balaban J connectivity index is 2.90. The topological polar surface area (TPSA) is 87.5 Å². The number of piperidine rings is 1. The summed E-state index contributed by atoms with van der Waals surface area (Å²) in [6.07, 6.45) is 0.113. The molecule has 1 rings (SSSR count). The number of hydrogen-bond donors (Lipinski definition) is 0. The van der Waals surface area contributed by atoms with Crippen LogP contribution in [0, 0.1) is 0 Å². The fraction of sp³-hybridized carbons (Fsp3) is 0.938. The van der Waals surface area contributed by atoms with Gasteiger partial charge in [0.25, 0.3) is 0 Å². The lowest BCUT2D eigenvalue weighted by atomic mass is 10.0. The molecule has 0 unspecified atom stereocenters. The van der Waals surface area contributed by atoms with Crippen LogP contribution in [0.3, 0.4) is 0 Å². The van der Waals surface area contributed by atoms with Crippen LogP contribution in [0.15, 0.2) is 5.11 Å². The fourth-order valence-electron chi connectivity index (χ4n) is 2.34. The zero-order chi connectivity index (χ0) is 18.8. The van der Waals surface area contributed by atoms with E-state index in [1.54, 1.807) is 4.90 Å². The third-order valence-electron chi connectivity index (χ3n) is 4.52. The van der Waals surface area contributed by atoms with Crippen LogP contribution in [0.4, 0.5) is 4.79 Å². The van der Waals surface area contributed by atoms with E-state index < -0.39 is 13.9 Å². The summed E-state index contributed by atoms with van der Waals surface area (Å²) in [5.41, 5.74) is 8.21. The van der Waals surface area contributed by atoms with Crippen LogP contribution in [0.1, 0.15) is 48.0 Å². The van der Waals surface area contributed by atoms with E-state index in [0.717, 1.165) is 0 Å². The van der Waals surface area contributed by atoms with Gasteiger partial charge in [-0.15, -0.1) is 0 Å². The minimum atomic E-state index is -1.97. The zero-order valence-corrected chi connectivity index (χ0v) is 17.3. The smallest absolute Gasteiger partial charge is 0.410 e. The number of amides is 1. The van der Waals surface area contributed by atoms with E-state index in [2.05, 4.69) is 43.9 Å². The molecule has 1 aliphatic rings. The Morgan fingerprint density at radius 1 is 1.21 bits per heavy atom. The van der Waals surface area contributed by atoms with Crippen molar-refractivity contribution >= 4 is 14.4 Å². The molecule has 24 heavy (non-hydrogen) atoms. The summed E-state index contributed by atoms with van der Waals surface area (Å²) in [7, 11) is -1.97. The highest BCUT2D eigenvalue weighted by atomic mass is 28.4. The molecule has 0 aromatic carbocycles. The summed E-state index contributed by atoms with van der Waals surface area (Å²) in [5, 5.41) is 3.90. The van der Waals surface area contributed by atoms with Crippen molar-refractivity contribution in [1.82, 2.24) is 4.90 Å². The lowest BCUT2D eigenvalue weighted by Gasteiger charge is -2.43. The van der Waals surface area contributed by atoms with Gasteiger partial charge in [0.2, 0.25) is 0 Å². The summed E-state index contributed by atoms with van der Waals surface area (Å²) in [5.74, 6) is 0. The maximum atomic E-state index is 12.4. The average molecular weight is 357 g/mol. The highest BCUT2D eigenvalue weighted by Gasteiger charge is 2.42. The molecule has 0 bridgehead atoms. The van der Waals surface area contributed by atoms with Gasteiger partial charge in [-0.1, -0.05) is 25.9 Å². The predicted molar refractivity (Wildman–Crippen MR) is 97.4 cm³/mol. The quantitative estimate of drug-likeness (QED) is 0.318. The first kappa shape index (κ1) is 20.8. The number of azide groups is 1. The van der Waals surface area contributed by atoms with Crippen molar-refractivity contribution in [2.24, 2.45) is 5.11 Å². The van der Waals surface area contributed by atoms with Crippen LogP contribution in [0.25, 0.3) is 10.4 Å². The number of carbonyl (C=O) groups is 1. The van der Waals surface area contributed by atoms with Crippen molar-refractivity contribution < 1.29 is 14.0 Å². The molecule has 2 atom stereocenters. The summed E-state index contributed by atoms with van der Waals surface area (Å²) in [4.78, 5) is 16.9. The molecular formula is C16H32N4O3Si. The number of likely N-dealkylation sites (tertiary alicyclic amines) is 1. The maximum Gasteiger partial charge on any atom is 0.410 e. The molecule has 1 heterocycles. The summed E-state index contributed by atoms with van der Waals surface area (Å²) in [6, 6.07) is -0.286. The Morgan fingerprint density at radius 2 is 1.79 bits per heavy atom. The molecule has 0 aromatic heterocycles. The Labute approximate surface area is 146 Å². The molecule has 138 valence electrons. The molecule has 0 aromatic rings. The molecule has 8 heteroatoms. The minimum Gasteiger partial charge on any atom is -0.444 e. The van der Waals surface area contributed by atoms with Crippen LogP contribution in [-0.4, -0.2) is 50.1 Å². The second-order valence-corrected chi connectivity index (χ2v) is 13.7. The van der Waals surface area contributed by atoms with Gasteiger partial charge in [-0.05, 0) is 50.9 Å². The number of nitrogens with zero attached hydrogens (tertiary/aromatic N) is 4. The first-order valence-corrected chi connectivity index (χ1v) is 11.4. The third kappa shape index (κ3) is 6.00. The Bertz CT molecular complexity index is 504. The highest BCUT2D eigenvalue weighted by Crippen LogP contribution is 2.38. The van der Waals surface area contributed by atoms with Gasteiger partial charge >= 0.3 is 6.09 Å². The van der Waals surface area contributed by atoms with Crippen LogP contribution in [-0.2, 0) is 9.16 Å². The molecular weight excluding hydrogens is 324 g/mol. The van der Waals surface area contributed by atoms with Crippen LogP contribution in [0.2, 0.25) is 18.1 Å². The third-order valence-corrected chi connectivity index (χ3v) is 9.06. The summed E-state index contributed by atoms with van der Waals surface area (Å²) in [6.45, 7) is 17.3. The molecule has 0 radical (unpaired) electrons. The molecule has 0 spiro atoms. The molecule has 1 aliphatic heterocycles. The first-order valence-electron chi connectivity index (χ1n) is 8.45. The van der Waals surface area contributed by atoms with Gasteiger partial charge in [0, 0.05) is 18.0 Å². The van der Waals surface area contributed by atoms with Crippen molar-refractivity contribution in [3.63, 3.8) is 0 Å². The van der Waals surface area contributed by atoms with Crippen molar-refractivity contribution in [2.75, 3.05) is 13.1 Å². The first-order chi connectivity index (χ1) is 10.7. The van der Waals surface area contributed by atoms with E-state index in [-0.39, 0.29) is 23.3 Å². The van der Waals surface area contributed by atoms with Crippen molar-refractivity contribution in [3.8, 4) is 0 Å². The van der Waals surface area contributed by atoms with Gasteiger partial charge in [-0.25, -0.2) is 4.79 Å². The fourth-order valence-corrected chi connectivity index (χ4v) is 3.70.